The lowest BCUT2D eigenvalue weighted by atomic mass is 9.83. The Kier molecular flexibility index (Phi) is 13.4. The number of hydrogen-bond acceptors (Lipinski definition) is 12. The number of phenolic OH excluding ortho intramolecular Hbond substituents is 1. The van der Waals surface area contributed by atoms with E-state index in [0.29, 0.717) is 23.5 Å². The summed E-state index contributed by atoms with van der Waals surface area (Å²) in [6.07, 6.45) is 0.607. The summed E-state index contributed by atoms with van der Waals surface area (Å²) in [6, 6.07) is 6.90. The molecule has 0 aromatic heterocycles. The van der Waals surface area contributed by atoms with E-state index >= 15 is 0 Å². The van der Waals surface area contributed by atoms with E-state index in [1.807, 2.05) is 26.8 Å². The number of likely N-dealkylation sites (N-methyl/N-ethyl adjacent to an activating group) is 1. The molecule has 3 amide bonds. The number of hydrogen-bond donors (Lipinski definition) is 4. The average Bonchev–Trinajstić information content (AvgIpc) is 3.87. The fourth-order valence-corrected chi connectivity index (χ4v) is 7.79. The molecular weight excluding hydrogens is 772 g/mol. The van der Waals surface area contributed by atoms with Gasteiger partial charge in [0.25, 0.3) is 5.91 Å². The number of anilines is 2. The molecule has 5 rings (SSSR count). The van der Waals surface area contributed by atoms with Crippen LogP contribution in [0, 0.1) is 5.92 Å². The highest BCUT2D eigenvalue weighted by Gasteiger charge is 2.64. The molecule has 0 radical (unpaired) electrons. The van der Waals surface area contributed by atoms with Gasteiger partial charge in [-0.15, -0.1) is 0 Å². The van der Waals surface area contributed by atoms with Crippen molar-refractivity contribution >= 4 is 46.9 Å². The van der Waals surface area contributed by atoms with Gasteiger partial charge in [-0.1, -0.05) is 42.3 Å². The third kappa shape index (κ3) is 9.38. The molecule has 316 valence electrons. The lowest BCUT2D eigenvalue weighted by molar-refractivity contribution is -0.158. The van der Waals surface area contributed by atoms with Gasteiger partial charge in [0, 0.05) is 45.1 Å². The van der Waals surface area contributed by atoms with Gasteiger partial charge in [0.15, 0.2) is 5.72 Å². The van der Waals surface area contributed by atoms with Crippen LogP contribution in [0.25, 0.3) is 0 Å². The Balaban J connectivity index is 1.50. The highest BCUT2D eigenvalue weighted by molar-refractivity contribution is 6.35. The van der Waals surface area contributed by atoms with Crippen LogP contribution in [0.4, 0.5) is 16.2 Å². The summed E-state index contributed by atoms with van der Waals surface area (Å²) >= 11 is 6.78. The smallest absolute Gasteiger partial charge is 0.409 e. The zero-order valence-corrected chi connectivity index (χ0v) is 35.4. The van der Waals surface area contributed by atoms with E-state index in [4.69, 9.17) is 35.3 Å². The second-order valence-corrected chi connectivity index (χ2v) is 16.2. The second kappa shape index (κ2) is 17.6. The fourth-order valence-electron chi connectivity index (χ4n) is 7.48. The summed E-state index contributed by atoms with van der Waals surface area (Å²) in [6.45, 7) is 10.7. The number of fused-ring (bicyclic) bond motifs is 5. The van der Waals surface area contributed by atoms with Gasteiger partial charge in [0.05, 0.1) is 31.0 Å². The number of phenols is 1. The number of amides is 3. The van der Waals surface area contributed by atoms with E-state index in [1.165, 1.54) is 44.1 Å². The Morgan fingerprint density at radius 3 is 2.50 bits per heavy atom. The number of halogens is 1. The lowest BCUT2D eigenvalue weighted by Gasteiger charge is -2.42. The van der Waals surface area contributed by atoms with Crippen LogP contribution < -0.4 is 20.3 Å². The number of benzene rings is 2. The Labute approximate surface area is 344 Å². The summed E-state index contributed by atoms with van der Waals surface area (Å²) < 4.78 is 29.3. The molecule has 16 heteroatoms. The monoisotopic (exact) mass is 826 g/mol. The van der Waals surface area contributed by atoms with Gasteiger partial charge < -0.3 is 49.0 Å². The summed E-state index contributed by atoms with van der Waals surface area (Å²) in [5.74, 6) is -2.18. The molecular formula is C42H55ClN4O11. The van der Waals surface area contributed by atoms with Crippen molar-refractivity contribution in [2.45, 2.75) is 109 Å². The molecule has 3 aliphatic heterocycles. The average molecular weight is 827 g/mol. The molecule has 4 bridgehead atoms. The van der Waals surface area contributed by atoms with Crippen LogP contribution >= 0.6 is 11.6 Å². The zero-order chi connectivity index (χ0) is 42.9. The van der Waals surface area contributed by atoms with Gasteiger partial charge in [0.2, 0.25) is 5.91 Å². The normalized spacial score (nSPS) is 29.5. The lowest BCUT2D eigenvalue weighted by Crippen LogP contribution is -2.63. The van der Waals surface area contributed by atoms with Crippen molar-refractivity contribution < 1.29 is 53.1 Å². The molecule has 0 spiro atoms. The van der Waals surface area contributed by atoms with Gasteiger partial charge >= 0.3 is 12.1 Å². The van der Waals surface area contributed by atoms with Crippen LogP contribution in [-0.4, -0.2) is 115 Å². The largest absolute Gasteiger partial charge is 0.506 e. The molecule has 8 atom stereocenters. The van der Waals surface area contributed by atoms with Crippen molar-refractivity contribution in [2.24, 2.45) is 5.92 Å². The number of carbonyl (C=O) groups excluding carboxylic acids is 4. The van der Waals surface area contributed by atoms with Gasteiger partial charge in [-0.05, 0) is 76.9 Å². The van der Waals surface area contributed by atoms with Crippen LogP contribution in [-0.2, 0) is 35.0 Å². The minimum atomic E-state index is -1.85. The maximum atomic E-state index is 14.2. The highest BCUT2D eigenvalue weighted by atomic mass is 35.5. The van der Waals surface area contributed by atoms with Crippen molar-refractivity contribution in [1.82, 2.24) is 10.2 Å². The fraction of sp³-hybridized carbons (Fsp3) is 0.524. The van der Waals surface area contributed by atoms with Crippen LogP contribution in [0.1, 0.15) is 70.3 Å². The van der Waals surface area contributed by atoms with E-state index < -0.39 is 71.6 Å². The molecule has 4 N–H and O–H groups in total. The van der Waals surface area contributed by atoms with Crippen molar-refractivity contribution in [2.75, 3.05) is 38.5 Å². The number of alkyl carbamates (subject to hydrolysis) is 1. The SMILES string of the molecule is COc1cc2cc(c1Cl)N(C)C(=O)C[C@H](OC(=O)[C@H](C)N(C)C(=O)c1ccc(NC(C)C)c(O)c1)[C@]1(C)O[C@H]1[C@H](C)[C@@H]1C[C@@](O)(NC(=O)O1)[C@H](OC)/C=C/C=C(\C)C2. The molecule has 3 aliphatic rings. The molecule has 15 nitrogen and oxygen atoms in total. The standard InChI is InChI=1S/C42H55ClN4O11/c1-22(2)44-28-15-14-27(19-30(28)48)38(50)46(7)25(5)39(51)57-34-20-35(49)47(8)29-17-26(18-31(54-9)36(29)43)16-23(3)12-11-13-33(55-10)42(53)21-32(56-40(52)45-42)24(4)37-41(34,6)58-37/h11-15,17-19,22,24-25,32-34,37,44,48,53H,16,20-21H2,1-10H3,(H,45,52)/b13-11+,23-12+/t24-,25+,32+,33-,34+,37+,41+,42+/m1/s1. The Morgan fingerprint density at radius 2 is 1.86 bits per heavy atom. The highest BCUT2D eigenvalue weighted by Crippen LogP contribution is 2.49. The Morgan fingerprint density at radius 1 is 1.16 bits per heavy atom. The number of nitrogens with zero attached hydrogens (tertiary/aromatic N) is 2. The molecule has 0 aliphatic carbocycles. The summed E-state index contributed by atoms with van der Waals surface area (Å²) in [5, 5.41) is 28.2. The minimum Gasteiger partial charge on any atom is -0.506 e. The van der Waals surface area contributed by atoms with Gasteiger partial charge in [-0.25, -0.2) is 9.59 Å². The van der Waals surface area contributed by atoms with Gasteiger partial charge in [0.1, 0.15) is 46.5 Å². The molecule has 0 unspecified atom stereocenters. The van der Waals surface area contributed by atoms with Crippen LogP contribution in [0.3, 0.4) is 0 Å². The van der Waals surface area contributed by atoms with Crippen LogP contribution in [0.2, 0.25) is 5.02 Å². The van der Waals surface area contributed by atoms with E-state index in [0.717, 1.165) is 11.1 Å². The second-order valence-electron chi connectivity index (χ2n) is 15.8. The molecule has 2 saturated heterocycles. The predicted molar refractivity (Wildman–Crippen MR) is 217 cm³/mol. The first-order valence-corrected chi connectivity index (χ1v) is 19.6. The van der Waals surface area contributed by atoms with Crippen LogP contribution in [0.5, 0.6) is 11.5 Å². The topological polar surface area (TPSA) is 189 Å². The summed E-state index contributed by atoms with van der Waals surface area (Å²) in [7, 11) is 5.89. The third-order valence-electron chi connectivity index (χ3n) is 11.1. The number of ether oxygens (including phenoxy) is 5. The number of epoxide rings is 1. The molecule has 58 heavy (non-hydrogen) atoms. The molecule has 3 heterocycles. The minimum absolute atomic E-state index is 0.0408. The molecule has 2 fully saturated rings. The summed E-state index contributed by atoms with van der Waals surface area (Å²) in [4.78, 5) is 57.3. The Hall–Kier alpha value is -4.83. The van der Waals surface area contributed by atoms with Crippen LogP contribution in [0.15, 0.2) is 54.1 Å². The number of aromatic hydroxyl groups is 1. The van der Waals surface area contributed by atoms with Gasteiger partial charge in [-0.2, -0.15) is 0 Å². The number of nitrogens with one attached hydrogen (secondary N) is 2. The molecule has 2 aromatic carbocycles. The first-order valence-electron chi connectivity index (χ1n) is 19.2. The quantitative estimate of drug-likeness (QED) is 0.152. The number of carbonyl (C=O) groups is 4. The maximum Gasteiger partial charge on any atom is 0.409 e. The first kappa shape index (κ1) is 44.3. The molecule has 0 saturated carbocycles. The van der Waals surface area contributed by atoms with E-state index in [1.54, 1.807) is 57.3 Å². The van der Waals surface area contributed by atoms with E-state index in [2.05, 4.69) is 10.6 Å². The first-order chi connectivity index (χ1) is 27.2. The van der Waals surface area contributed by atoms with E-state index in [9.17, 15) is 29.4 Å². The van der Waals surface area contributed by atoms with Gasteiger partial charge in [-0.3, -0.25) is 14.9 Å². The van der Waals surface area contributed by atoms with Crippen molar-refractivity contribution in [3.63, 3.8) is 0 Å². The number of aliphatic hydroxyl groups is 1. The number of rotatable bonds is 8. The predicted octanol–water partition coefficient (Wildman–Crippen LogP) is 5.35. The van der Waals surface area contributed by atoms with Crippen molar-refractivity contribution in [3.05, 3.63) is 70.3 Å². The third-order valence-corrected chi connectivity index (χ3v) is 11.5. The van der Waals surface area contributed by atoms with Crippen molar-refractivity contribution in [1.29, 1.82) is 0 Å². The number of esters is 1. The zero-order valence-electron chi connectivity index (χ0n) is 34.6. The van der Waals surface area contributed by atoms with Crippen molar-refractivity contribution in [3.8, 4) is 11.5 Å². The van der Waals surface area contributed by atoms with E-state index in [-0.39, 0.29) is 35.2 Å². The number of methoxy groups -OCH3 is 2. The summed E-state index contributed by atoms with van der Waals surface area (Å²) in [5.41, 5.74) is -0.468. The maximum absolute atomic E-state index is 14.2. The molecule has 2 aromatic rings. The number of allylic oxidation sites excluding steroid dienone is 3. The Bertz CT molecular complexity index is 1970.